The minimum Gasteiger partial charge on any atom is -0.394 e. The summed E-state index contributed by atoms with van der Waals surface area (Å²) in [5, 5.41) is 18.3. The first-order valence-corrected chi connectivity index (χ1v) is 4.39. The summed E-state index contributed by atoms with van der Waals surface area (Å²) in [5.41, 5.74) is 0.954. The lowest BCUT2D eigenvalue weighted by Gasteiger charge is -2.10. The van der Waals surface area contributed by atoms with Gasteiger partial charge in [-0.1, -0.05) is 0 Å². The van der Waals surface area contributed by atoms with Gasteiger partial charge in [-0.15, -0.1) is 0 Å². The third-order valence-electron chi connectivity index (χ3n) is 2.37. The fraction of sp³-hybridized carbons (Fsp3) is 0.556. The maximum absolute atomic E-state index is 9.46. The van der Waals surface area contributed by atoms with Crippen LogP contribution in [0.25, 0.3) is 0 Å². The molecule has 0 saturated carbocycles. The molecule has 1 fully saturated rings. The molecular formula is C9H13NO3. The summed E-state index contributed by atoms with van der Waals surface area (Å²) in [6.45, 7) is -0.127. The Morgan fingerprint density at radius 2 is 2.46 bits per heavy atom. The topological polar surface area (TPSA) is 65.5 Å². The minimum atomic E-state index is -0.557. The second kappa shape index (κ2) is 3.49. The van der Waals surface area contributed by atoms with Gasteiger partial charge in [-0.25, -0.2) is 0 Å². The zero-order valence-electron chi connectivity index (χ0n) is 7.18. The fourth-order valence-corrected chi connectivity index (χ4v) is 1.64. The SMILES string of the molecule is OC[C@H]1OC(c2ccc[nH]2)C[C@@H]1O. The molecule has 0 bridgehead atoms. The van der Waals surface area contributed by atoms with Gasteiger partial charge in [0.15, 0.2) is 0 Å². The molecule has 4 heteroatoms. The molecule has 2 rings (SSSR count). The van der Waals surface area contributed by atoms with E-state index in [1.807, 2.05) is 18.3 Å². The van der Waals surface area contributed by atoms with Crippen LogP contribution in [0.5, 0.6) is 0 Å². The monoisotopic (exact) mass is 183 g/mol. The Morgan fingerprint density at radius 1 is 1.62 bits per heavy atom. The largest absolute Gasteiger partial charge is 0.394 e. The molecule has 2 heterocycles. The van der Waals surface area contributed by atoms with Crippen molar-refractivity contribution in [2.75, 3.05) is 6.61 Å². The van der Waals surface area contributed by atoms with E-state index in [0.717, 1.165) is 5.69 Å². The maximum Gasteiger partial charge on any atom is 0.107 e. The Hall–Kier alpha value is -0.840. The zero-order chi connectivity index (χ0) is 9.26. The minimum absolute atomic E-state index is 0.109. The molecule has 0 amide bonds. The van der Waals surface area contributed by atoms with Crippen molar-refractivity contribution >= 4 is 0 Å². The second-order valence-electron chi connectivity index (χ2n) is 3.27. The van der Waals surface area contributed by atoms with E-state index < -0.39 is 12.2 Å². The van der Waals surface area contributed by atoms with Gasteiger partial charge in [0.05, 0.1) is 12.7 Å². The lowest BCUT2D eigenvalue weighted by molar-refractivity contribution is -0.0234. The quantitative estimate of drug-likeness (QED) is 0.613. The lowest BCUT2D eigenvalue weighted by Crippen LogP contribution is -2.24. The maximum atomic E-state index is 9.46. The van der Waals surface area contributed by atoms with Gasteiger partial charge in [-0.05, 0) is 12.1 Å². The van der Waals surface area contributed by atoms with Crippen molar-refractivity contribution in [3.05, 3.63) is 24.0 Å². The van der Waals surface area contributed by atoms with Crippen molar-refractivity contribution in [1.29, 1.82) is 0 Å². The summed E-state index contributed by atoms with van der Waals surface area (Å²) in [4.78, 5) is 3.03. The van der Waals surface area contributed by atoms with Crippen molar-refractivity contribution < 1.29 is 14.9 Å². The van der Waals surface area contributed by atoms with Crippen molar-refractivity contribution in [1.82, 2.24) is 4.98 Å². The van der Waals surface area contributed by atoms with E-state index in [2.05, 4.69) is 4.98 Å². The summed E-state index contributed by atoms with van der Waals surface area (Å²) in [5.74, 6) is 0. The van der Waals surface area contributed by atoms with Gasteiger partial charge in [0.25, 0.3) is 0 Å². The van der Waals surface area contributed by atoms with Crippen LogP contribution in [0, 0.1) is 0 Å². The third kappa shape index (κ3) is 1.60. The Labute approximate surface area is 76.2 Å². The molecule has 1 aromatic rings. The molecule has 3 atom stereocenters. The molecule has 0 aromatic carbocycles. The first-order chi connectivity index (χ1) is 6.31. The molecule has 1 aliphatic heterocycles. The number of ether oxygens (including phenoxy) is 1. The van der Waals surface area contributed by atoms with Crippen LogP contribution in [0.3, 0.4) is 0 Å². The van der Waals surface area contributed by atoms with E-state index in [0.29, 0.717) is 6.42 Å². The van der Waals surface area contributed by atoms with Crippen molar-refractivity contribution in [2.24, 2.45) is 0 Å². The lowest BCUT2D eigenvalue weighted by atomic mass is 10.1. The van der Waals surface area contributed by atoms with Gasteiger partial charge in [-0.2, -0.15) is 0 Å². The highest BCUT2D eigenvalue weighted by molar-refractivity contribution is 5.09. The Morgan fingerprint density at radius 3 is 3.00 bits per heavy atom. The van der Waals surface area contributed by atoms with E-state index in [1.165, 1.54) is 0 Å². The molecule has 1 aromatic heterocycles. The second-order valence-corrected chi connectivity index (χ2v) is 3.27. The Kier molecular flexibility index (Phi) is 2.35. The van der Waals surface area contributed by atoms with Crippen LogP contribution < -0.4 is 0 Å². The number of hydrogen-bond acceptors (Lipinski definition) is 3. The standard InChI is InChI=1S/C9H13NO3/c11-5-9-7(12)4-8(13-9)6-2-1-3-10-6/h1-3,7-12H,4-5H2/t7-,8?,9+/m0/s1. The van der Waals surface area contributed by atoms with Crippen LogP contribution in [-0.2, 0) is 4.74 Å². The fourth-order valence-electron chi connectivity index (χ4n) is 1.64. The first kappa shape index (κ1) is 8.74. The molecule has 1 aliphatic rings. The van der Waals surface area contributed by atoms with Gasteiger partial charge in [0, 0.05) is 18.3 Å². The molecule has 72 valence electrons. The number of rotatable bonds is 2. The third-order valence-corrected chi connectivity index (χ3v) is 2.37. The van der Waals surface area contributed by atoms with E-state index in [-0.39, 0.29) is 12.7 Å². The van der Waals surface area contributed by atoms with Gasteiger partial charge < -0.3 is 19.9 Å². The molecular weight excluding hydrogens is 170 g/mol. The molecule has 4 nitrogen and oxygen atoms in total. The predicted octanol–water partition coefficient (Wildman–Crippen LogP) is 0.198. The zero-order valence-corrected chi connectivity index (χ0v) is 7.18. The predicted molar refractivity (Wildman–Crippen MR) is 46.1 cm³/mol. The summed E-state index contributed by atoms with van der Waals surface area (Å²) in [6.07, 6.45) is 1.26. The number of nitrogens with one attached hydrogen (secondary N) is 1. The van der Waals surface area contributed by atoms with Crippen molar-refractivity contribution in [2.45, 2.75) is 24.7 Å². The van der Waals surface area contributed by atoms with Gasteiger partial charge in [0.2, 0.25) is 0 Å². The van der Waals surface area contributed by atoms with E-state index in [1.54, 1.807) is 0 Å². The molecule has 0 radical (unpaired) electrons. The summed E-state index contributed by atoms with van der Waals surface area (Å²) < 4.78 is 5.44. The van der Waals surface area contributed by atoms with Crippen LogP contribution in [-0.4, -0.2) is 34.0 Å². The molecule has 3 N–H and O–H groups in total. The van der Waals surface area contributed by atoms with Crippen LogP contribution >= 0.6 is 0 Å². The van der Waals surface area contributed by atoms with Gasteiger partial charge in [0.1, 0.15) is 12.2 Å². The normalized spacial score (nSPS) is 33.8. The number of aliphatic hydroxyl groups excluding tert-OH is 2. The molecule has 0 aliphatic carbocycles. The van der Waals surface area contributed by atoms with E-state index in [4.69, 9.17) is 9.84 Å². The summed E-state index contributed by atoms with van der Waals surface area (Å²) >= 11 is 0. The van der Waals surface area contributed by atoms with Gasteiger partial charge >= 0.3 is 0 Å². The summed E-state index contributed by atoms with van der Waals surface area (Å²) in [6, 6.07) is 3.80. The Bertz CT molecular complexity index is 260. The van der Waals surface area contributed by atoms with E-state index in [9.17, 15) is 5.11 Å². The Balaban J connectivity index is 2.05. The molecule has 1 unspecified atom stereocenters. The number of aliphatic hydroxyl groups is 2. The van der Waals surface area contributed by atoms with Crippen molar-refractivity contribution in [3.63, 3.8) is 0 Å². The van der Waals surface area contributed by atoms with Crippen LogP contribution in [0.15, 0.2) is 18.3 Å². The molecule has 0 spiro atoms. The number of aromatic amines is 1. The number of hydrogen-bond donors (Lipinski definition) is 3. The number of H-pyrrole nitrogens is 1. The highest BCUT2D eigenvalue weighted by atomic mass is 16.5. The highest BCUT2D eigenvalue weighted by Gasteiger charge is 2.34. The molecule has 13 heavy (non-hydrogen) atoms. The highest BCUT2D eigenvalue weighted by Crippen LogP contribution is 2.31. The van der Waals surface area contributed by atoms with Crippen LogP contribution in [0.4, 0.5) is 0 Å². The first-order valence-electron chi connectivity index (χ1n) is 4.39. The van der Waals surface area contributed by atoms with Crippen LogP contribution in [0.1, 0.15) is 18.2 Å². The van der Waals surface area contributed by atoms with Crippen LogP contribution in [0.2, 0.25) is 0 Å². The summed E-state index contributed by atoms with van der Waals surface area (Å²) in [7, 11) is 0. The van der Waals surface area contributed by atoms with Crippen molar-refractivity contribution in [3.8, 4) is 0 Å². The van der Waals surface area contributed by atoms with Gasteiger partial charge in [-0.3, -0.25) is 0 Å². The average molecular weight is 183 g/mol. The van der Waals surface area contributed by atoms with E-state index >= 15 is 0 Å². The number of aromatic nitrogens is 1. The molecule has 1 saturated heterocycles. The smallest absolute Gasteiger partial charge is 0.107 e. The average Bonchev–Trinajstić information content (AvgIpc) is 2.71.